The van der Waals surface area contributed by atoms with Crippen molar-refractivity contribution in [3.63, 3.8) is 0 Å². The molecule has 0 heterocycles. The highest BCUT2D eigenvalue weighted by atomic mass is 14.9. The van der Waals surface area contributed by atoms with Crippen LogP contribution in [0.4, 0.5) is 0 Å². The maximum atomic E-state index is 3.57. The second-order valence-electron chi connectivity index (χ2n) is 4.88. The molecule has 1 heteroatoms. The Morgan fingerprint density at radius 3 is 2.94 bits per heavy atom. The van der Waals surface area contributed by atoms with Gasteiger partial charge in [-0.2, -0.15) is 0 Å². The van der Waals surface area contributed by atoms with Crippen LogP contribution in [0.25, 0.3) is 0 Å². The van der Waals surface area contributed by atoms with Crippen LogP contribution < -0.4 is 5.32 Å². The van der Waals surface area contributed by atoms with E-state index in [1.165, 1.54) is 12.0 Å². The van der Waals surface area contributed by atoms with Crippen LogP contribution in [0.3, 0.4) is 0 Å². The third-order valence-corrected chi connectivity index (χ3v) is 3.69. The van der Waals surface area contributed by atoms with E-state index in [-0.39, 0.29) is 1.43 Å². The van der Waals surface area contributed by atoms with Gasteiger partial charge in [-0.3, -0.25) is 0 Å². The predicted molar refractivity (Wildman–Crippen MR) is 69.1 cm³/mol. The molecule has 1 nitrogen and oxygen atoms in total. The number of hydrogen-bond donors (Lipinski definition) is 1. The molecular weight excluding hydrogens is 194 g/mol. The van der Waals surface area contributed by atoms with Crippen molar-refractivity contribution in [2.75, 3.05) is 6.54 Å². The lowest BCUT2D eigenvalue weighted by molar-refractivity contribution is 0.524. The van der Waals surface area contributed by atoms with E-state index in [4.69, 9.17) is 0 Å². The SMILES string of the molecule is C1=CC2CC2(CNCc2ccccc2)C=C1.[HH]. The van der Waals surface area contributed by atoms with Gasteiger partial charge in [0.25, 0.3) is 0 Å². The molecule has 1 aromatic carbocycles. The highest BCUT2D eigenvalue weighted by Crippen LogP contribution is 2.55. The number of hydrogen-bond acceptors (Lipinski definition) is 1. The first-order chi connectivity index (χ1) is 7.89. The molecule has 0 amide bonds. The molecular formula is C15H19N. The van der Waals surface area contributed by atoms with Crippen molar-refractivity contribution in [3.8, 4) is 0 Å². The normalized spacial score (nSPS) is 30.1. The van der Waals surface area contributed by atoms with Crippen molar-refractivity contribution in [1.29, 1.82) is 0 Å². The summed E-state index contributed by atoms with van der Waals surface area (Å²) in [5.41, 5.74) is 1.82. The van der Waals surface area contributed by atoms with Gasteiger partial charge in [0, 0.05) is 19.9 Å². The Labute approximate surface area is 98.4 Å². The zero-order chi connectivity index (χ0) is 10.8. The Morgan fingerprint density at radius 1 is 1.25 bits per heavy atom. The topological polar surface area (TPSA) is 12.0 Å². The van der Waals surface area contributed by atoms with Gasteiger partial charge in [-0.05, 0) is 17.9 Å². The molecule has 0 radical (unpaired) electrons. The molecule has 1 N–H and O–H groups in total. The summed E-state index contributed by atoms with van der Waals surface area (Å²) in [6, 6.07) is 10.6. The number of benzene rings is 1. The van der Waals surface area contributed by atoms with Crippen LogP contribution in [0.15, 0.2) is 54.6 Å². The van der Waals surface area contributed by atoms with Gasteiger partial charge in [-0.1, -0.05) is 54.6 Å². The Balaban J connectivity index is 0.00000108. The number of nitrogens with one attached hydrogen (secondary N) is 1. The van der Waals surface area contributed by atoms with Crippen molar-refractivity contribution in [2.45, 2.75) is 13.0 Å². The summed E-state index contributed by atoms with van der Waals surface area (Å²) in [5, 5.41) is 3.57. The van der Waals surface area contributed by atoms with E-state index in [2.05, 4.69) is 60.0 Å². The molecule has 1 aromatic rings. The summed E-state index contributed by atoms with van der Waals surface area (Å²) >= 11 is 0. The Kier molecular flexibility index (Phi) is 2.41. The molecule has 2 aliphatic carbocycles. The van der Waals surface area contributed by atoms with Gasteiger partial charge < -0.3 is 5.32 Å². The summed E-state index contributed by atoms with van der Waals surface area (Å²) in [6.45, 7) is 2.08. The minimum Gasteiger partial charge on any atom is -0.312 e. The van der Waals surface area contributed by atoms with Gasteiger partial charge in [-0.25, -0.2) is 0 Å². The van der Waals surface area contributed by atoms with E-state index in [0.717, 1.165) is 19.0 Å². The quantitative estimate of drug-likeness (QED) is 0.810. The molecule has 16 heavy (non-hydrogen) atoms. The highest BCUT2D eigenvalue weighted by Gasteiger charge is 2.50. The molecule has 0 saturated heterocycles. The molecule has 2 aliphatic rings. The lowest BCUT2D eigenvalue weighted by Gasteiger charge is -2.14. The Bertz CT molecular complexity index is 424. The number of rotatable bonds is 4. The van der Waals surface area contributed by atoms with E-state index in [0.29, 0.717) is 5.41 Å². The molecule has 0 aromatic heterocycles. The van der Waals surface area contributed by atoms with Gasteiger partial charge >= 0.3 is 0 Å². The third kappa shape index (κ3) is 1.83. The Hall–Kier alpha value is -1.34. The second-order valence-corrected chi connectivity index (χ2v) is 4.88. The lowest BCUT2D eigenvalue weighted by Crippen LogP contribution is -2.24. The standard InChI is InChI=1S/C15H17N.H2/c1-2-6-13(7-3-1)11-16-12-15-9-5-4-8-14(15)10-15;/h1-9,14,16H,10-12H2;1H. The number of allylic oxidation sites excluding steroid dienone is 3. The summed E-state index contributed by atoms with van der Waals surface area (Å²) in [5.74, 6) is 0.792. The maximum absolute atomic E-state index is 3.57. The van der Waals surface area contributed by atoms with Crippen molar-refractivity contribution in [3.05, 3.63) is 60.2 Å². The van der Waals surface area contributed by atoms with Crippen LogP contribution in [-0.4, -0.2) is 6.54 Å². The van der Waals surface area contributed by atoms with Crippen molar-refractivity contribution in [2.24, 2.45) is 11.3 Å². The maximum Gasteiger partial charge on any atom is 0.0205 e. The molecule has 2 unspecified atom stereocenters. The average molecular weight is 213 g/mol. The van der Waals surface area contributed by atoms with E-state index in [1.54, 1.807) is 0 Å². The van der Waals surface area contributed by atoms with Crippen LogP contribution in [-0.2, 0) is 6.54 Å². The fourth-order valence-corrected chi connectivity index (χ4v) is 2.54. The Morgan fingerprint density at radius 2 is 2.12 bits per heavy atom. The predicted octanol–water partition coefficient (Wildman–Crippen LogP) is 3.15. The molecule has 0 bridgehead atoms. The van der Waals surface area contributed by atoms with Gasteiger partial charge in [0.15, 0.2) is 0 Å². The van der Waals surface area contributed by atoms with Crippen molar-refractivity contribution in [1.82, 2.24) is 5.32 Å². The van der Waals surface area contributed by atoms with Gasteiger partial charge in [-0.15, -0.1) is 0 Å². The van der Waals surface area contributed by atoms with Crippen LogP contribution in [0.5, 0.6) is 0 Å². The van der Waals surface area contributed by atoms with Crippen LogP contribution in [0.2, 0.25) is 0 Å². The fourth-order valence-electron chi connectivity index (χ4n) is 2.54. The monoisotopic (exact) mass is 213 g/mol. The fraction of sp³-hybridized carbons (Fsp3) is 0.333. The zero-order valence-electron chi connectivity index (χ0n) is 9.39. The van der Waals surface area contributed by atoms with E-state index in [1.807, 2.05) is 0 Å². The second kappa shape index (κ2) is 3.91. The summed E-state index contributed by atoms with van der Waals surface area (Å²) in [6.07, 6.45) is 10.4. The highest BCUT2D eigenvalue weighted by molar-refractivity contribution is 5.29. The van der Waals surface area contributed by atoms with Crippen LogP contribution in [0, 0.1) is 11.3 Å². The molecule has 2 atom stereocenters. The minimum atomic E-state index is 0. The van der Waals surface area contributed by atoms with Gasteiger partial charge in [0.1, 0.15) is 0 Å². The van der Waals surface area contributed by atoms with Gasteiger partial charge in [0.2, 0.25) is 0 Å². The first-order valence-corrected chi connectivity index (χ1v) is 6.00. The lowest BCUT2D eigenvalue weighted by atomic mass is 9.99. The zero-order valence-corrected chi connectivity index (χ0v) is 9.39. The number of fused-ring (bicyclic) bond motifs is 1. The molecule has 1 fully saturated rings. The molecule has 0 aliphatic heterocycles. The summed E-state index contributed by atoms with van der Waals surface area (Å²) in [7, 11) is 0. The molecule has 84 valence electrons. The van der Waals surface area contributed by atoms with E-state index >= 15 is 0 Å². The van der Waals surface area contributed by atoms with E-state index in [9.17, 15) is 0 Å². The minimum absolute atomic E-state index is 0. The van der Waals surface area contributed by atoms with Crippen LogP contribution in [0.1, 0.15) is 13.4 Å². The first kappa shape index (κ1) is 9.86. The molecule has 1 saturated carbocycles. The largest absolute Gasteiger partial charge is 0.312 e. The van der Waals surface area contributed by atoms with Crippen molar-refractivity contribution < 1.29 is 1.43 Å². The van der Waals surface area contributed by atoms with Crippen LogP contribution >= 0.6 is 0 Å². The average Bonchev–Trinajstić information content (AvgIpc) is 3.05. The molecule has 3 rings (SSSR count). The van der Waals surface area contributed by atoms with Crippen molar-refractivity contribution >= 4 is 0 Å². The molecule has 0 spiro atoms. The first-order valence-electron chi connectivity index (χ1n) is 6.00. The summed E-state index contributed by atoms with van der Waals surface area (Å²) < 4.78 is 0. The summed E-state index contributed by atoms with van der Waals surface area (Å²) in [4.78, 5) is 0. The van der Waals surface area contributed by atoms with Gasteiger partial charge in [0.05, 0.1) is 0 Å². The third-order valence-electron chi connectivity index (χ3n) is 3.69. The van der Waals surface area contributed by atoms with E-state index < -0.39 is 0 Å². The smallest absolute Gasteiger partial charge is 0.0205 e.